The molecule has 2 aliphatic carbocycles. The van der Waals surface area contributed by atoms with E-state index in [9.17, 15) is 22.0 Å². The van der Waals surface area contributed by atoms with Crippen molar-refractivity contribution in [3.63, 3.8) is 0 Å². The lowest BCUT2D eigenvalue weighted by Gasteiger charge is -2.37. The highest BCUT2D eigenvalue weighted by atomic mass is 19.2. The van der Waals surface area contributed by atoms with Gasteiger partial charge in [0.2, 0.25) is 5.82 Å². The first-order valence-electron chi connectivity index (χ1n) is 25.1. The van der Waals surface area contributed by atoms with Gasteiger partial charge >= 0.3 is 0 Å². The molecule has 0 bridgehead atoms. The van der Waals surface area contributed by atoms with Gasteiger partial charge in [-0.2, -0.15) is 0 Å². The summed E-state index contributed by atoms with van der Waals surface area (Å²) in [6, 6.07) is 34.5. The molecule has 0 fully saturated rings. The number of hydrogen-bond acceptors (Lipinski definition) is 0. The molecule has 0 aliphatic heterocycles. The Morgan fingerprint density at radius 2 is 1.14 bits per heavy atom. The number of allylic oxidation sites excluding steroid dienone is 11. The van der Waals surface area contributed by atoms with Gasteiger partial charge in [-0.15, -0.1) is 0 Å². The van der Waals surface area contributed by atoms with Crippen molar-refractivity contribution >= 4 is 0 Å². The molecule has 7 rings (SSSR count). The van der Waals surface area contributed by atoms with Gasteiger partial charge in [-0.1, -0.05) is 211 Å². The maximum atomic E-state index is 14.5. The fraction of sp³-hybridized carbons (Fsp3) is 0.344. The molecule has 5 atom stereocenters. The predicted octanol–water partition coefficient (Wildman–Crippen LogP) is 18.2. The fourth-order valence-electron chi connectivity index (χ4n) is 10.4. The van der Waals surface area contributed by atoms with E-state index >= 15 is 0 Å². The SMILES string of the molecule is C=C(C1=CCC(C(C)(C=CC)Cc2ccc(C(CCCC)c3ccc(Cc4c(F)c(F)c(F)c(F)c4F)cc3)cc2)C=C1)C1(C)C=CC(Cc2ccc(C(CCCC)c3ccc(C)cc3)cc2)=CC1. The van der Waals surface area contributed by atoms with Crippen LogP contribution in [0.5, 0.6) is 0 Å². The van der Waals surface area contributed by atoms with Gasteiger partial charge < -0.3 is 0 Å². The lowest BCUT2D eigenvalue weighted by molar-refractivity contribution is 0.304. The monoisotopic (exact) mass is 933 g/mol. The number of benzene rings is 5. The van der Waals surface area contributed by atoms with Crippen LogP contribution < -0.4 is 0 Å². The van der Waals surface area contributed by atoms with Crippen LogP contribution in [0.3, 0.4) is 0 Å². The zero-order valence-electron chi connectivity index (χ0n) is 41.5. The van der Waals surface area contributed by atoms with E-state index in [2.05, 4.69) is 170 Å². The normalized spacial score (nSPS) is 18.7. The highest BCUT2D eigenvalue weighted by Crippen LogP contribution is 2.45. The quantitative estimate of drug-likeness (QED) is 0.0316. The third-order valence-corrected chi connectivity index (χ3v) is 15.0. The summed E-state index contributed by atoms with van der Waals surface area (Å²) in [7, 11) is 0. The minimum absolute atomic E-state index is 0.0840. The molecule has 5 aromatic rings. The summed E-state index contributed by atoms with van der Waals surface area (Å²) in [6.07, 6.45) is 28.4. The van der Waals surface area contributed by atoms with E-state index in [1.807, 2.05) is 12.1 Å². The summed E-state index contributed by atoms with van der Waals surface area (Å²) in [5.74, 6) is -8.77. The van der Waals surface area contributed by atoms with E-state index in [4.69, 9.17) is 0 Å². The number of hydrogen-bond donors (Lipinski definition) is 0. The molecule has 0 saturated carbocycles. The minimum atomic E-state index is -2.15. The Labute approximate surface area is 409 Å². The van der Waals surface area contributed by atoms with Crippen molar-refractivity contribution in [1.82, 2.24) is 0 Å². The molecule has 0 amide bonds. The maximum Gasteiger partial charge on any atom is 0.200 e. The van der Waals surface area contributed by atoms with Crippen LogP contribution in [0.4, 0.5) is 22.0 Å². The molecule has 0 N–H and O–H groups in total. The summed E-state index contributed by atoms with van der Waals surface area (Å²) >= 11 is 0. The van der Waals surface area contributed by atoms with Crippen molar-refractivity contribution in [2.45, 2.75) is 124 Å². The molecule has 5 unspecified atom stereocenters. The molecule has 69 heavy (non-hydrogen) atoms. The zero-order chi connectivity index (χ0) is 49.3. The van der Waals surface area contributed by atoms with Crippen LogP contribution in [0.2, 0.25) is 0 Å². The Morgan fingerprint density at radius 1 is 0.667 bits per heavy atom. The van der Waals surface area contributed by atoms with Gasteiger partial charge in [-0.3, -0.25) is 0 Å². The molecule has 0 radical (unpaired) electrons. The van der Waals surface area contributed by atoms with Crippen molar-refractivity contribution in [2.75, 3.05) is 0 Å². The summed E-state index contributed by atoms with van der Waals surface area (Å²) < 4.78 is 70.3. The molecule has 0 heterocycles. The van der Waals surface area contributed by atoms with Gasteiger partial charge in [0.1, 0.15) is 0 Å². The van der Waals surface area contributed by atoms with Crippen LogP contribution in [-0.2, 0) is 19.3 Å². The van der Waals surface area contributed by atoms with E-state index in [1.54, 1.807) is 12.1 Å². The highest BCUT2D eigenvalue weighted by Gasteiger charge is 2.34. The van der Waals surface area contributed by atoms with E-state index < -0.39 is 41.1 Å². The van der Waals surface area contributed by atoms with Crippen LogP contribution in [0.25, 0.3) is 0 Å². The first kappa shape index (κ1) is 51.1. The number of aryl methyl sites for hydroxylation is 1. The molecule has 0 aromatic heterocycles. The van der Waals surface area contributed by atoms with E-state index in [0.29, 0.717) is 17.4 Å². The van der Waals surface area contributed by atoms with E-state index in [1.165, 1.54) is 57.4 Å². The number of unbranched alkanes of at least 4 members (excludes halogenated alkanes) is 2. The van der Waals surface area contributed by atoms with Crippen LogP contribution >= 0.6 is 0 Å². The smallest absolute Gasteiger partial charge is 0.200 e. The topological polar surface area (TPSA) is 0 Å². The summed E-state index contributed by atoms with van der Waals surface area (Å²) in [5.41, 5.74) is 11.9. The first-order chi connectivity index (χ1) is 33.2. The Kier molecular flexibility index (Phi) is 16.8. The largest absolute Gasteiger partial charge is 0.203 e. The van der Waals surface area contributed by atoms with Crippen LogP contribution in [0.15, 0.2) is 169 Å². The second-order valence-electron chi connectivity index (χ2n) is 20.2. The Balaban J connectivity index is 0.966. The molecule has 360 valence electrons. The van der Waals surface area contributed by atoms with E-state index in [0.717, 1.165) is 62.5 Å². The number of halogens is 5. The predicted molar refractivity (Wildman–Crippen MR) is 277 cm³/mol. The van der Waals surface area contributed by atoms with Crippen molar-refractivity contribution in [3.8, 4) is 0 Å². The summed E-state index contributed by atoms with van der Waals surface area (Å²) in [4.78, 5) is 0. The number of rotatable bonds is 20. The molecular formula is C64H69F5. The van der Waals surface area contributed by atoms with Gasteiger partial charge in [-0.05, 0) is 119 Å². The maximum absolute atomic E-state index is 14.5. The molecule has 0 spiro atoms. The lowest BCUT2D eigenvalue weighted by atomic mass is 9.67. The molecule has 5 aromatic carbocycles. The summed E-state index contributed by atoms with van der Waals surface area (Å²) in [6.45, 7) is 18.0. The Hall–Kier alpha value is -5.81. The molecule has 0 saturated heterocycles. The van der Waals surface area contributed by atoms with Crippen molar-refractivity contribution in [3.05, 3.63) is 248 Å². The molecular weight excluding hydrogens is 864 g/mol. The Bertz CT molecular complexity index is 2680. The van der Waals surface area contributed by atoms with Gasteiger partial charge in [0.05, 0.1) is 0 Å². The van der Waals surface area contributed by atoms with Gasteiger partial charge in [0.25, 0.3) is 0 Å². The van der Waals surface area contributed by atoms with Crippen molar-refractivity contribution in [1.29, 1.82) is 0 Å². The third-order valence-electron chi connectivity index (χ3n) is 15.0. The minimum Gasteiger partial charge on any atom is -0.203 e. The molecule has 0 nitrogen and oxygen atoms in total. The highest BCUT2D eigenvalue weighted by molar-refractivity contribution is 5.49. The van der Waals surface area contributed by atoms with Crippen molar-refractivity contribution < 1.29 is 22.0 Å². The van der Waals surface area contributed by atoms with Crippen molar-refractivity contribution in [2.24, 2.45) is 16.7 Å². The zero-order valence-corrected chi connectivity index (χ0v) is 41.5. The van der Waals surface area contributed by atoms with Gasteiger partial charge in [0.15, 0.2) is 23.3 Å². The van der Waals surface area contributed by atoms with E-state index in [-0.39, 0.29) is 16.7 Å². The average Bonchev–Trinajstić information content (AvgIpc) is 3.36. The standard InChI is InChI=1S/C64H69F5/c1-8-11-13-55(50-23-15-43(4)16-24-50)51-25-17-45(18-26-51)40-47-35-38-63(6,39-36-47)44(5)49-31-33-54(34-32-49)64(7,37-10-3)42-48-21-29-53(30-22-48)56(14-12-9-2)52-27-19-46(20-28-52)41-57-58(65)60(67)62(69)61(68)59(57)66/h10,15-33,35-38,54-56H,5,8-9,11-14,34,39-42H2,1-4,6-7H3. The Morgan fingerprint density at radius 3 is 1.59 bits per heavy atom. The fourth-order valence-corrected chi connectivity index (χ4v) is 10.4. The third kappa shape index (κ3) is 12.0. The summed E-state index contributed by atoms with van der Waals surface area (Å²) in [5, 5.41) is 0. The van der Waals surface area contributed by atoms with Crippen LogP contribution in [0, 0.1) is 52.8 Å². The lowest BCUT2D eigenvalue weighted by Crippen LogP contribution is -2.28. The second kappa shape index (κ2) is 22.7. The van der Waals surface area contributed by atoms with Crippen LogP contribution in [-0.4, -0.2) is 0 Å². The van der Waals surface area contributed by atoms with Gasteiger partial charge in [0, 0.05) is 29.2 Å². The molecule has 5 heteroatoms. The first-order valence-corrected chi connectivity index (χ1v) is 25.1. The van der Waals surface area contributed by atoms with Gasteiger partial charge in [-0.25, -0.2) is 22.0 Å². The van der Waals surface area contributed by atoms with Crippen LogP contribution in [0.1, 0.15) is 148 Å². The average molecular weight is 933 g/mol. The molecule has 2 aliphatic rings. The second-order valence-corrected chi connectivity index (χ2v) is 20.2.